The second kappa shape index (κ2) is 8.76. The molecule has 1 atom stereocenters. The fourth-order valence-electron chi connectivity index (χ4n) is 2.35. The van der Waals surface area contributed by atoms with Crippen molar-refractivity contribution in [1.82, 2.24) is 0 Å². The van der Waals surface area contributed by atoms with Crippen molar-refractivity contribution in [2.24, 2.45) is 0 Å². The first-order chi connectivity index (χ1) is 11.9. The molecule has 0 aromatic heterocycles. The highest BCUT2D eigenvalue weighted by Crippen LogP contribution is 2.36. The summed E-state index contributed by atoms with van der Waals surface area (Å²) >= 11 is 8.34. The van der Waals surface area contributed by atoms with Gasteiger partial charge in [0.25, 0.3) is 0 Å². The van der Waals surface area contributed by atoms with Gasteiger partial charge in [0.15, 0.2) is 0 Å². The summed E-state index contributed by atoms with van der Waals surface area (Å²) in [6.45, 7) is 4.19. The van der Waals surface area contributed by atoms with Gasteiger partial charge in [-0.15, -0.1) is 0 Å². The predicted octanol–water partition coefficient (Wildman–Crippen LogP) is 5.91. The second-order valence-electron chi connectivity index (χ2n) is 5.74. The molecule has 6 heteroatoms. The van der Waals surface area contributed by atoms with E-state index in [1.54, 1.807) is 19.2 Å². The number of alkyl halides is 1. The van der Waals surface area contributed by atoms with Crippen molar-refractivity contribution >= 4 is 40.2 Å². The van der Waals surface area contributed by atoms with E-state index in [2.05, 4.69) is 13.8 Å². The lowest BCUT2D eigenvalue weighted by Gasteiger charge is -2.15. The van der Waals surface area contributed by atoms with Crippen LogP contribution >= 0.6 is 34.2 Å². The lowest BCUT2D eigenvalue weighted by molar-refractivity contribution is -0.139. The van der Waals surface area contributed by atoms with Gasteiger partial charge in [-0.3, -0.25) is 4.79 Å². The number of halogens is 2. The van der Waals surface area contributed by atoms with E-state index in [9.17, 15) is 4.79 Å². The minimum absolute atomic E-state index is 0.302. The summed E-state index contributed by atoms with van der Waals surface area (Å²) in [6.07, 6.45) is 0. The maximum absolute atomic E-state index is 11.6. The Morgan fingerprint density at radius 2 is 1.76 bits per heavy atom. The van der Waals surface area contributed by atoms with Crippen molar-refractivity contribution in [3.8, 4) is 17.2 Å². The Morgan fingerprint density at radius 3 is 2.32 bits per heavy atom. The first-order valence-corrected chi connectivity index (χ1v) is 9.36. The van der Waals surface area contributed by atoms with E-state index < -0.39 is 3.92 Å². The van der Waals surface area contributed by atoms with Crippen LogP contribution in [0.4, 0.5) is 0 Å². The zero-order chi connectivity index (χ0) is 18.6. The van der Waals surface area contributed by atoms with E-state index in [4.69, 9.17) is 25.8 Å². The molecule has 0 saturated carbocycles. The first-order valence-electron chi connectivity index (χ1n) is 7.74. The fraction of sp³-hybridized carbons (Fsp3) is 0.316. The molecule has 0 N–H and O–H groups in total. The molecule has 0 aliphatic heterocycles. The molecular formula is C19H20ClIO4. The average molecular weight is 475 g/mol. The van der Waals surface area contributed by atoms with Crippen LogP contribution in [0.2, 0.25) is 5.02 Å². The number of methoxy groups -OCH3 is 2. The zero-order valence-electron chi connectivity index (χ0n) is 14.5. The molecule has 0 saturated heterocycles. The predicted molar refractivity (Wildman–Crippen MR) is 107 cm³/mol. The van der Waals surface area contributed by atoms with Gasteiger partial charge in [0, 0.05) is 5.56 Å². The van der Waals surface area contributed by atoms with E-state index in [0.717, 1.165) is 16.9 Å². The van der Waals surface area contributed by atoms with Crippen LogP contribution in [0.1, 0.15) is 34.8 Å². The lowest BCUT2D eigenvalue weighted by Crippen LogP contribution is -2.08. The van der Waals surface area contributed by atoms with Crippen LogP contribution in [0.5, 0.6) is 17.2 Å². The number of esters is 1. The maximum atomic E-state index is 11.6. The van der Waals surface area contributed by atoms with E-state index in [0.29, 0.717) is 22.4 Å². The van der Waals surface area contributed by atoms with Crippen molar-refractivity contribution < 1.29 is 19.0 Å². The fourth-order valence-corrected chi connectivity index (χ4v) is 3.22. The summed E-state index contributed by atoms with van der Waals surface area (Å²) in [6, 6.07) is 10.9. The molecule has 0 fully saturated rings. The number of carbonyl (C=O) groups excluding carboxylic acids is 1. The largest absolute Gasteiger partial charge is 0.496 e. The third-order valence-corrected chi connectivity index (χ3v) is 5.23. The highest BCUT2D eigenvalue weighted by Gasteiger charge is 2.19. The van der Waals surface area contributed by atoms with Crippen LogP contribution in [0, 0.1) is 0 Å². The van der Waals surface area contributed by atoms with Crippen LogP contribution in [0.15, 0.2) is 36.4 Å². The molecular weight excluding hydrogens is 455 g/mol. The third kappa shape index (κ3) is 4.79. The van der Waals surface area contributed by atoms with Gasteiger partial charge >= 0.3 is 5.97 Å². The minimum Gasteiger partial charge on any atom is -0.496 e. The summed E-state index contributed by atoms with van der Waals surface area (Å²) < 4.78 is 15.6. The van der Waals surface area contributed by atoms with Crippen LogP contribution in [-0.2, 0) is 9.53 Å². The van der Waals surface area contributed by atoms with Crippen LogP contribution in [-0.4, -0.2) is 20.2 Å². The third-order valence-electron chi connectivity index (χ3n) is 3.71. The summed E-state index contributed by atoms with van der Waals surface area (Å²) in [5, 5.41) is 0.435. The summed E-state index contributed by atoms with van der Waals surface area (Å²) in [4.78, 5) is 11.6. The topological polar surface area (TPSA) is 44.8 Å². The van der Waals surface area contributed by atoms with E-state index >= 15 is 0 Å². The molecule has 2 aromatic carbocycles. The monoisotopic (exact) mass is 474 g/mol. The van der Waals surface area contributed by atoms with Gasteiger partial charge in [0.05, 0.1) is 19.2 Å². The molecule has 2 aromatic rings. The summed E-state index contributed by atoms with van der Waals surface area (Å²) in [7, 11) is 3.02. The molecule has 1 unspecified atom stereocenters. The molecule has 134 valence electrons. The Hall–Kier alpha value is -1.47. The number of carbonyl (C=O) groups is 1. The average Bonchev–Trinajstić information content (AvgIpc) is 2.61. The standard InChI is InChI=1S/C19H20ClIO4/c1-11(2)14-10-13(6-8-16(14)23-3)25-17-7-5-12(9-15(17)20)18(21)19(22)24-4/h5-11,18H,1-4H3. The van der Waals surface area contributed by atoms with Crippen molar-refractivity contribution in [3.63, 3.8) is 0 Å². The van der Waals surface area contributed by atoms with Crippen molar-refractivity contribution in [1.29, 1.82) is 0 Å². The molecule has 4 nitrogen and oxygen atoms in total. The Balaban J connectivity index is 2.26. The number of ether oxygens (including phenoxy) is 3. The van der Waals surface area contributed by atoms with E-state index in [1.165, 1.54) is 7.11 Å². The van der Waals surface area contributed by atoms with Crippen LogP contribution in [0.3, 0.4) is 0 Å². The Bertz CT molecular complexity index is 761. The van der Waals surface area contributed by atoms with Gasteiger partial charge in [-0.2, -0.15) is 0 Å². The smallest absolute Gasteiger partial charge is 0.323 e. The zero-order valence-corrected chi connectivity index (χ0v) is 17.4. The summed E-state index contributed by atoms with van der Waals surface area (Å²) in [5.74, 6) is 2.02. The quantitative estimate of drug-likeness (QED) is 0.296. The van der Waals surface area contributed by atoms with Gasteiger partial charge in [0.2, 0.25) is 0 Å². The molecule has 2 rings (SSSR count). The highest BCUT2D eigenvalue weighted by atomic mass is 127. The number of rotatable bonds is 6. The van der Waals surface area contributed by atoms with Crippen molar-refractivity contribution in [2.75, 3.05) is 14.2 Å². The highest BCUT2D eigenvalue weighted by molar-refractivity contribution is 14.1. The summed E-state index contributed by atoms with van der Waals surface area (Å²) in [5.41, 5.74) is 1.83. The first kappa shape index (κ1) is 19.8. The minimum atomic E-state index is -0.414. The van der Waals surface area contributed by atoms with Crippen molar-refractivity contribution in [2.45, 2.75) is 23.7 Å². The molecule has 0 aliphatic rings. The van der Waals surface area contributed by atoms with Crippen LogP contribution < -0.4 is 9.47 Å². The van der Waals surface area contributed by atoms with Gasteiger partial charge in [-0.1, -0.05) is 54.1 Å². The molecule has 0 aliphatic carbocycles. The molecule has 0 bridgehead atoms. The van der Waals surface area contributed by atoms with Crippen LogP contribution in [0.25, 0.3) is 0 Å². The lowest BCUT2D eigenvalue weighted by atomic mass is 10.0. The van der Waals surface area contributed by atoms with Gasteiger partial charge < -0.3 is 14.2 Å². The Morgan fingerprint density at radius 1 is 1.08 bits per heavy atom. The van der Waals surface area contributed by atoms with E-state index in [-0.39, 0.29) is 5.97 Å². The van der Waals surface area contributed by atoms with Gasteiger partial charge in [-0.25, -0.2) is 0 Å². The van der Waals surface area contributed by atoms with E-state index in [1.807, 2.05) is 46.9 Å². The molecule has 0 heterocycles. The molecule has 0 amide bonds. The number of hydrogen-bond donors (Lipinski definition) is 0. The van der Waals surface area contributed by atoms with Crippen molar-refractivity contribution in [3.05, 3.63) is 52.5 Å². The van der Waals surface area contributed by atoms with Gasteiger partial charge in [0.1, 0.15) is 21.2 Å². The normalized spacial score (nSPS) is 12.0. The SMILES string of the molecule is COC(=O)C(I)c1ccc(Oc2ccc(OC)c(C(C)C)c2)c(Cl)c1. The molecule has 0 spiro atoms. The molecule has 25 heavy (non-hydrogen) atoms. The molecule has 0 radical (unpaired) electrons. The number of benzene rings is 2. The Labute approximate surface area is 166 Å². The van der Waals surface area contributed by atoms with Gasteiger partial charge in [-0.05, 0) is 41.8 Å². The second-order valence-corrected chi connectivity index (χ2v) is 7.39. The maximum Gasteiger partial charge on any atom is 0.323 e. The Kier molecular flexibility index (Phi) is 6.95. The number of hydrogen-bond acceptors (Lipinski definition) is 4.